The summed E-state index contributed by atoms with van der Waals surface area (Å²) >= 11 is 1.39. The number of ether oxygens (including phenoxy) is 1. The number of rotatable bonds is 4. The number of amides is 1. The lowest BCUT2D eigenvalue weighted by atomic mass is 9.87. The first kappa shape index (κ1) is 13.4. The monoisotopic (exact) mass is 269 g/mol. The van der Waals surface area contributed by atoms with E-state index in [1.165, 1.54) is 11.3 Å². The third kappa shape index (κ3) is 3.23. The highest BCUT2D eigenvalue weighted by Crippen LogP contribution is 2.26. The van der Waals surface area contributed by atoms with Gasteiger partial charge in [-0.25, -0.2) is 0 Å². The molecular weight excluding hydrogens is 250 g/mol. The smallest absolute Gasteiger partial charge is 0.265 e. The predicted octanol–water partition coefficient (Wildman–Crippen LogP) is 2.04. The van der Waals surface area contributed by atoms with Crippen molar-refractivity contribution < 1.29 is 14.6 Å². The van der Waals surface area contributed by atoms with Gasteiger partial charge >= 0.3 is 0 Å². The van der Waals surface area contributed by atoms with Crippen LogP contribution in [0.3, 0.4) is 0 Å². The Hall–Kier alpha value is -1.07. The van der Waals surface area contributed by atoms with Crippen LogP contribution in [0.2, 0.25) is 0 Å². The molecule has 1 aromatic rings. The number of aliphatic hydroxyl groups is 1. The third-order valence-corrected chi connectivity index (χ3v) is 4.32. The van der Waals surface area contributed by atoms with E-state index in [0.717, 1.165) is 25.7 Å². The minimum absolute atomic E-state index is 0.0621. The first-order chi connectivity index (χ1) is 8.70. The van der Waals surface area contributed by atoms with Crippen LogP contribution in [0.25, 0.3) is 0 Å². The molecule has 0 radical (unpaired) electrons. The van der Waals surface area contributed by atoms with E-state index in [2.05, 4.69) is 5.32 Å². The number of methoxy groups -OCH3 is 1. The zero-order chi connectivity index (χ0) is 13.0. The fourth-order valence-corrected chi connectivity index (χ4v) is 3.06. The van der Waals surface area contributed by atoms with E-state index in [-0.39, 0.29) is 12.0 Å². The Morgan fingerprint density at radius 2 is 2.22 bits per heavy atom. The SMILES string of the molecule is COc1ccsc1C(=O)NCC1CCC(O)CC1. The van der Waals surface area contributed by atoms with E-state index >= 15 is 0 Å². The number of hydrogen-bond acceptors (Lipinski definition) is 4. The van der Waals surface area contributed by atoms with Crippen molar-refractivity contribution >= 4 is 17.2 Å². The molecule has 0 aromatic carbocycles. The average molecular weight is 269 g/mol. The van der Waals surface area contributed by atoms with Crippen molar-refractivity contribution in [2.24, 2.45) is 5.92 Å². The van der Waals surface area contributed by atoms with E-state index in [4.69, 9.17) is 4.74 Å². The van der Waals surface area contributed by atoms with Gasteiger partial charge in [0.1, 0.15) is 10.6 Å². The number of hydrogen-bond donors (Lipinski definition) is 2. The molecule has 1 fully saturated rings. The van der Waals surface area contributed by atoms with Crippen LogP contribution in [0.5, 0.6) is 5.75 Å². The quantitative estimate of drug-likeness (QED) is 0.879. The van der Waals surface area contributed by atoms with E-state index < -0.39 is 0 Å². The fourth-order valence-electron chi connectivity index (χ4n) is 2.29. The molecule has 1 aromatic heterocycles. The minimum Gasteiger partial charge on any atom is -0.495 e. The number of carbonyl (C=O) groups excluding carboxylic acids is 1. The predicted molar refractivity (Wildman–Crippen MR) is 71.2 cm³/mol. The molecule has 1 saturated carbocycles. The van der Waals surface area contributed by atoms with Crippen molar-refractivity contribution in [2.75, 3.05) is 13.7 Å². The third-order valence-electron chi connectivity index (χ3n) is 3.42. The average Bonchev–Trinajstić information content (AvgIpc) is 2.86. The number of thiophene rings is 1. The Morgan fingerprint density at radius 1 is 1.50 bits per heavy atom. The second-order valence-electron chi connectivity index (χ2n) is 4.70. The summed E-state index contributed by atoms with van der Waals surface area (Å²) in [5.74, 6) is 1.06. The molecule has 1 amide bonds. The highest BCUT2D eigenvalue weighted by molar-refractivity contribution is 7.12. The van der Waals surface area contributed by atoms with Gasteiger partial charge in [0.25, 0.3) is 5.91 Å². The number of nitrogens with one attached hydrogen (secondary N) is 1. The minimum atomic E-state index is -0.144. The molecule has 2 rings (SSSR count). The lowest BCUT2D eigenvalue weighted by molar-refractivity contribution is 0.0911. The molecule has 0 bridgehead atoms. The van der Waals surface area contributed by atoms with Gasteiger partial charge in [-0.15, -0.1) is 11.3 Å². The van der Waals surface area contributed by atoms with Crippen LogP contribution in [-0.4, -0.2) is 30.8 Å². The molecule has 100 valence electrons. The van der Waals surface area contributed by atoms with Crippen molar-refractivity contribution in [1.82, 2.24) is 5.32 Å². The Balaban J connectivity index is 1.81. The summed E-state index contributed by atoms with van der Waals surface area (Å²) in [4.78, 5) is 12.6. The summed E-state index contributed by atoms with van der Waals surface area (Å²) in [5.41, 5.74) is 0. The van der Waals surface area contributed by atoms with Crippen LogP contribution in [-0.2, 0) is 0 Å². The van der Waals surface area contributed by atoms with Gasteiger partial charge in [-0.3, -0.25) is 4.79 Å². The highest BCUT2D eigenvalue weighted by Gasteiger charge is 2.21. The topological polar surface area (TPSA) is 58.6 Å². The molecule has 0 atom stereocenters. The summed E-state index contributed by atoms with van der Waals surface area (Å²) < 4.78 is 5.13. The summed E-state index contributed by atoms with van der Waals surface area (Å²) in [5, 5.41) is 14.2. The lowest BCUT2D eigenvalue weighted by Gasteiger charge is -2.25. The van der Waals surface area contributed by atoms with Crippen LogP contribution in [0.4, 0.5) is 0 Å². The lowest BCUT2D eigenvalue weighted by Crippen LogP contribution is -2.31. The van der Waals surface area contributed by atoms with E-state index in [1.54, 1.807) is 13.2 Å². The van der Waals surface area contributed by atoms with Crippen molar-refractivity contribution in [2.45, 2.75) is 31.8 Å². The summed E-state index contributed by atoms with van der Waals surface area (Å²) in [6.45, 7) is 0.687. The largest absolute Gasteiger partial charge is 0.495 e. The molecule has 5 heteroatoms. The Bertz CT molecular complexity index is 397. The summed E-state index contributed by atoms with van der Waals surface area (Å²) in [6, 6.07) is 1.80. The van der Waals surface area contributed by atoms with Gasteiger partial charge in [-0.05, 0) is 43.0 Å². The van der Waals surface area contributed by atoms with Gasteiger partial charge < -0.3 is 15.2 Å². The number of aliphatic hydroxyl groups excluding tert-OH is 1. The Kier molecular flexibility index (Phi) is 4.60. The van der Waals surface area contributed by atoms with Gasteiger partial charge in [0.05, 0.1) is 13.2 Å². The van der Waals surface area contributed by atoms with Crippen LogP contribution in [0, 0.1) is 5.92 Å². The van der Waals surface area contributed by atoms with Crippen LogP contribution in [0.15, 0.2) is 11.4 Å². The van der Waals surface area contributed by atoms with Crippen molar-refractivity contribution in [3.63, 3.8) is 0 Å². The van der Waals surface area contributed by atoms with Gasteiger partial charge in [0.15, 0.2) is 0 Å². The highest BCUT2D eigenvalue weighted by atomic mass is 32.1. The molecule has 1 aliphatic rings. The van der Waals surface area contributed by atoms with Gasteiger partial charge in [0, 0.05) is 6.54 Å². The number of carbonyl (C=O) groups is 1. The van der Waals surface area contributed by atoms with E-state index in [9.17, 15) is 9.90 Å². The van der Waals surface area contributed by atoms with E-state index in [1.807, 2.05) is 5.38 Å². The molecule has 0 aliphatic heterocycles. The Morgan fingerprint density at radius 3 is 2.89 bits per heavy atom. The fraction of sp³-hybridized carbons (Fsp3) is 0.615. The van der Waals surface area contributed by atoms with Crippen molar-refractivity contribution in [3.8, 4) is 5.75 Å². The molecule has 2 N–H and O–H groups in total. The molecule has 1 aliphatic carbocycles. The van der Waals surface area contributed by atoms with Gasteiger partial charge in [-0.1, -0.05) is 0 Å². The first-order valence-electron chi connectivity index (χ1n) is 6.28. The molecule has 0 unspecified atom stereocenters. The molecular formula is C13H19NO3S. The molecule has 0 saturated heterocycles. The molecule has 4 nitrogen and oxygen atoms in total. The van der Waals surface area contributed by atoms with Gasteiger partial charge in [-0.2, -0.15) is 0 Å². The second-order valence-corrected chi connectivity index (χ2v) is 5.62. The van der Waals surface area contributed by atoms with Gasteiger partial charge in [0.2, 0.25) is 0 Å². The van der Waals surface area contributed by atoms with Crippen molar-refractivity contribution in [1.29, 1.82) is 0 Å². The molecule has 18 heavy (non-hydrogen) atoms. The zero-order valence-corrected chi connectivity index (χ0v) is 11.3. The maximum atomic E-state index is 12.0. The van der Waals surface area contributed by atoms with Crippen LogP contribution >= 0.6 is 11.3 Å². The second kappa shape index (κ2) is 6.20. The molecule has 0 spiro atoms. The van der Waals surface area contributed by atoms with E-state index in [0.29, 0.717) is 23.1 Å². The summed E-state index contributed by atoms with van der Waals surface area (Å²) in [7, 11) is 1.57. The first-order valence-corrected chi connectivity index (χ1v) is 7.16. The standard InChI is InChI=1S/C13H19NO3S/c1-17-11-6-7-18-12(11)13(16)14-8-9-2-4-10(15)5-3-9/h6-7,9-10,15H,2-5,8H2,1H3,(H,14,16). The Labute approximate surface area is 111 Å². The van der Waals surface area contributed by atoms with Crippen LogP contribution in [0.1, 0.15) is 35.4 Å². The maximum Gasteiger partial charge on any atom is 0.265 e. The van der Waals surface area contributed by atoms with Crippen molar-refractivity contribution in [3.05, 3.63) is 16.3 Å². The maximum absolute atomic E-state index is 12.0. The summed E-state index contributed by atoms with van der Waals surface area (Å²) in [6.07, 6.45) is 3.53. The molecule has 1 heterocycles. The normalized spacial score (nSPS) is 23.7. The van der Waals surface area contributed by atoms with Crippen LogP contribution < -0.4 is 10.1 Å². The zero-order valence-electron chi connectivity index (χ0n) is 10.5.